The van der Waals surface area contributed by atoms with Gasteiger partial charge in [0.25, 0.3) is 0 Å². The van der Waals surface area contributed by atoms with Crippen molar-refractivity contribution < 1.29 is 24.1 Å². The third-order valence-corrected chi connectivity index (χ3v) is 4.65. The minimum atomic E-state index is -1.01. The molecule has 0 atom stereocenters. The number of methoxy groups -OCH3 is 3. The molecule has 0 radical (unpaired) electrons. The number of nitrogens with zero attached hydrogens (tertiary/aromatic N) is 1. The molecule has 0 aliphatic carbocycles. The normalized spacial score (nSPS) is 11.0. The van der Waals surface area contributed by atoms with E-state index in [0.29, 0.717) is 33.8 Å². The Morgan fingerprint density at radius 1 is 1.00 bits per heavy atom. The van der Waals surface area contributed by atoms with E-state index in [2.05, 4.69) is 20.9 Å². The molecule has 0 saturated heterocycles. The van der Waals surface area contributed by atoms with Gasteiger partial charge in [-0.3, -0.25) is 0 Å². The standard InChI is InChI=1S/C21H18BrNO5/c1-26-18-8-12(9-19(27-2)20(18)28-3)4-6-14-11-16(21(24)25)15-10-13(22)5-7-17(15)23-14/h4-11H,1-3H3,(H,24,25)/b6-4+. The van der Waals surface area contributed by atoms with Gasteiger partial charge in [0.05, 0.1) is 38.1 Å². The SMILES string of the molecule is COc1cc(/C=C/c2cc(C(=O)O)c3cc(Br)ccc3n2)cc(OC)c1OC. The molecule has 6 nitrogen and oxygen atoms in total. The lowest BCUT2D eigenvalue weighted by Gasteiger charge is -2.12. The van der Waals surface area contributed by atoms with Gasteiger partial charge >= 0.3 is 5.97 Å². The van der Waals surface area contributed by atoms with Crippen molar-refractivity contribution in [3.63, 3.8) is 0 Å². The van der Waals surface area contributed by atoms with Crippen LogP contribution < -0.4 is 14.2 Å². The van der Waals surface area contributed by atoms with Gasteiger partial charge in [-0.05, 0) is 48.0 Å². The van der Waals surface area contributed by atoms with Gasteiger partial charge in [-0.2, -0.15) is 0 Å². The van der Waals surface area contributed by atoms with Crippen LogP contribution in [0, 0.1) is 0 Å². The lowest BCUT2D eigenvalue weighted by atomic mass is 10.1. The van der Waals surface area contributed by atoms with Crippen LogP contribution in [0.5, 0.6) is 17.2 Å². The highest BCUT2D eigenvalue weighted by atomic mass is 79.9. The average Bonchev–Trinajstić information content (AvgIpc) is 2.70. The summed E-state index contributed by atoms with van der Waals surface area (Å²) in [6, 6.07) is 10.5. The van der Waals surface area contributed by atoms with Crippen LogP contribution in [0.2, 0.25) is 0 Å². The summed E-state index contributed by atoms with van der Waals surface area (Å²) in [6.45, 7) is 0. The number of aromatic nitrogens is 1. The van der Waals surface area contributed by atoms with E-state index in [4.69, 9.17) is 14.2 Å². The van der Waals surface area contributed by atoms with Crippen LogP contribution in [0.15, 0.2) is 40.9 Å². The van der Waals surface area contributed by atoms with Crippen molar-refractivity contribution in [2.75, 3.05) is 21.3 Å². The molecule has 0 unspecified atom stereocenters. The zero-order valence-electron chi connectivity index (χ0n) is 15.5. The summed E-state index contributed by atoms with van der Waals surface area (Å²) in [6.07, 6.45) is 3.55. The van der Waals surface area contributed by atoms with E-state index in [1.54, 1.807) is 57.7 Å². The third-order valence-electron chi connectivity index (χ3n) is 4.15. The van der Waals surface area contributed by atoms with E-state index in [1.807, 2.05) is 12.1 Å². The first-order valence-corrected chi connectivity index (χ1v) is 9.07. The molecule has 7 heteroatoms. The number of carboxylic acids is 1. The van der Waals surface area contributed by atoms with Crippen LogP contribution in [0.4, 0.5) is 0 Å². The minimum Gasteiger partial charge on any atom is -0.493 e. The molecule has 3 aromatic rings. The molecule has 2 aromatic carbocycles. The molecule has 1 heterocycles. The lowest BCUT2D eigenvalue weighted by Crippen LogP contribution is -2.00. The molecule has 0 aliphatic heterocycles. The Bertz CT molecular complexity index is 1050. The van der Waals surface area contributed by atoms with Gasteiger partial charge in [0.15, 0.2) is 11.5 Å². The zero-order valence-corrected chi connectivity index (χ0v) is 17.1. The number of rotatable bonds is 6. The third kappa shape index (κ3) is 3.94. The zero-order chi connectivity index (χ0) is 20.3. The Morgan fingerprint density at radius 2 is 1.68 bits per heavy atom. The number of aromatic carboxylic acids is 1. The van der Waals surface area contributed by atoms with E-state index in [1.165, 1.54) is 0 Å². The number of pyridine rings is 1. The predicted molar refractivity (Wildman–Crippen MR) is 111 cm³/mol. The van der Waals surface area contributed by atoms with Crippen molar-refractivity contribution in [2.45, 2.75) is 0 Å². The molecule has 3 rings (SSSR count). The maximum atomic E-state index is 11.7. The van der Waals surface area contributed by atoms with Crippen LogP contribution in [0.1, 0.15) is 21.6 Å². The second-order valence-corrected chi connectivity index (χ2v) is 6.77. The molecule has 1 N–H and O–H groups in total. The highest BCUT2D eigenvalue weighted by molar-refractivity contribution is 9.10. The summed E-state index contributed by atoms with van der Waals surface area (Å²) in [5.41, 5.74) is 2.12. The fourth-order valence-corrected chi connectivity index (χ4v) is 3.22. The average molecular weight is 444 g/mol. The molecule has 0 amide bonds. The first-order valence-electron chi connectivity index (χ1n) is 8.28. The number of carbonyl (C=O) groups is 1. The van der Waals surface area contributed by atoms with Crippen molar-refractivity contribution in [2.24, 2.45) is 0 Å². The maximum absolute atomic E-state index is 11.7. The molecular formula is C21H18BrNO5. The van der Waals surface area contributed by atoms with Gasteiger partial charge in [0.2, 0.25) is 5.75 Å². The Kier molecular flexibility index (Phi) is 5.84. The maximum Gasteiger partial charge on any atom is 0.336 e. The van der Waals surface area contributed by atoms with Crippen molar-refractivity contribution in [3.8, 4) is 17.2 Å². The largest absolute Gasteiger partial charge is 0.493 e. The molecule has 0 fully saturated rings. The number of hydrogen-bond donors (Lipinski definition) is 1. The van der Waals surface area contributed by atoms with Crippen LogP contribution >= 0.6 is 15.9 Å². The molecule has 28 heavy (non-hydrogen) atoms. The topological polar surface area (TPSA) is 77.9 Å². The van der Waals surface area contributed by atoms with Crippen molar-refractivity contribution >= 4 is 45.0 Å². The van der Waals surface area contributed by atoms with E-state index in [9.17, 15) is 9.90 Å². The lowest BCUT2D eigenvalue weighted by molar-refractivity contribution is 0.0699. The van der Waals surface area contributed by atoms with Gasteiger partial charge in [0, 0.05) is 9.86 Å². The Hall–Kier alpha value is -3.06. The number of hydrogen-bond acceptors (Lipinski definition) is 5. The smallest absolute Gasteiger partial charge is 0.336 e. The minimum absolute atomic E-state index is 0.191. The van der Waals surface area contributed by atoms with Gasteiger partial charge in [-0.1, -0.05) is 22.0 Å². The van der Waals surface area contributed by atoms with Gasteiger partial charge in [-0.15, -0.1) is 0 Å². The van der Waals surface area contributed by atoms with Crippen LogP contribution in [0.3, 0.4) is 0 Å². The van der Waals surface area contributed by atoms with Crippen molar-refractivity contribution in [1.29, 1.82) is 0 Å². The Morgan fingerprint density at radius 3 is 2.25 bits per heavy atom. The Balaban J connectivity index is 2.06. The van der Waals surface area contributed by atoms with E-state index >= 15 is 0 Å². The summed E-state index contributed by atoms with van der Waals surface area (Å²) in [5.74, 6) is 0.561. The van der Waals surface area contributed by atoms with Crippen molar-refractivity contribution in [3.05, 3.63) is 57.7 Å². The molecule has 0 aliphatic rings. The van der Waals surface area contributed by atoms with Gasteiger partial charge in [-0.25, -0.2) is 9.78 Å². The predicted octanol–water partition coefficient (Wildman–Crippen LogP) is 4.89. The molecule has 0 bridgehead atoms. The fourth-order valence-electron chi connectivity index (χ4n) is 2.86. The monoisotopic (exact) mass is 443 g/mol. The summed E-state index contributed by atoms with van der Waals surface area (Å²) < 4.78 is 16.8. The van der Waals surface area contributed by atoms with E-state index in [0.717, 1.165) is 10.0 Å². The number of benzene rings is 2. The van der Waals surface area contributed by atoms with Crippen molar-refractivity contribution in [1.82, 2.24) is 4.98 Å². The van der Waals surface area contributed by atoms with E-state index < -0.39 is 5.97 Å². The molecule has 0 spiro atoms. The molecule has 0 saturated carbocycles. The fraction of sp³-hybridized carbons (Fsp3) is 0.143. The summed E-state index contributed by atoms with van der Waals surface area (Å²) >= 11 is 3.37. The number of halogens is 1. The summed E-state index contributed by atoms with van der Waals surface area (Å²) in [7, 11) is 4.64. The summed E-state index contributed by atoms with van der Waals surface area (Å²) in [4.78, 5) is 16.2. The highest BCUT2D eigenvalue weighted by Crippen LogP contribution is 2.38. The van der Waals surface area contributed by atoms with Crippen LogP contribution in [-0.2, 0) is 0 Å². The highest BCUT2D eigenvalue weighted by Gasteiger charge is 2.13. The van der Waals surface area contributed by atoms with Gasteiger partial charge in [0.1, 0.15) is 0 Å². The van der Waals surface area contributed by atoms with Crippen LogP contribution in [0.25, 0.3) is 23.1 Å². The van der Waals surface area contributed by atoms with E-state index in [-0.39, 0.29) is 5.56 Å². The number of fused-ring (bicyclic) bond motifs is 1. The quantitative estimate of drug-likeness (QED) is 0.583. The molecule has 1 aromatic heterocycles. The summed E-state index contributed by atoms with van der Waals surface area (Å²) in [5, 5.41) is 10.1. The first kappa shape index (κ1) is 19.7. The molecular weight excluding hydrogens is 426 g/mol. The number of ether oxygens (including phenoxy) is 3. The number of carboxylic acid groups (broad SMARTS) is 1. The van der Waals surface area contributed by atoms with Crippen LogP contribution in [-0.4, -0.2) is 37.4 Å². The second-order valence-electron chi connectivity index (χ2n) is 5.85. The molecule has 144 valence electrons. The van der Waals surface area contributed by atoms with Gasteiger partial charge < -0.3 is 19.3 Å². The Labute approximate surface area is 170 Å². The first-order chi connectivity index (χ1) is 13.5. The second kappa shape index (κ2) is 8.31.